The van der Waals surface area contributed by atoms with Crippen molar-refractivity contribution >= 4 is 23.3 Å². The first-order valence-corrected chi connectivity index (χ1v) is 9.40. The van der Waals surface area contributed by atoms with Crippen LogP contribution in [-0.2, 0) is 4.79 Å². The standard InChI is InChI=1S/C19H24ClFN4O2/c1-11(2)25-7-6-16(19(25)13-4-5-14(20)15(21)9-13)22-10-18(26)23-17-8-12(3)27-24-17/h4-5,8-9,11,16,19,22H,6-7,10H2,1-3H3,(H,23,24,26)/t16-,19+/m1/s1. The quantitative estimate of drug-likeness (QED) is 0.784. The van der Waals surface area contributed by atoms with Gasteiger partial charge in [-0.15, -0.1) is 0 Å². The molecular weight excluding hydrogens is 371 g/mol. The van der Waals surface area contributed by atoms with Crippen molar-refractivity contribution < 1.29 is 13.7 Å². The van der Waals surface area contributed by atoms with Crippen LogP contribution in [0.25, 0.3) is 0 Å². The number of carbonyl (C=O) groups is 1. The molecule has 3 rings (SSSR count). The Morgan fingerprint density at radius 1 is 1.44 bits per heavy atom. The van der Waals surface area contributed by atoms with E-state index in [1.165, 1.54) is 6.07 Å². The van der Waals surface area contributed by atoms with Gasteiger partial charge in [-0.05, 0) is 44.9 Å². The third-order valence-corrected chi connectivity index (χ3v) is 5.11. The van der Waals surface area contributed by atoms with Crippen LogP contribution in [-0.4, -0.2) is 41.1 Å². The topological polar surface area (TPSA) is 70.4 Å². The second-order valence-corrected chi connectivity index (χ2v) is 7.50. The fraction of sp³-hybridized carbons (Fsp3) is 0.474. The molecule has 1 aromatic heterocycles. The Balaban J connectivity index is 1.69. The van der Waals surface area contributed by atoms with Crippen molar-refractivity contribution in [2.24, 2.45) is 0 Å². The van der Waals surface area contributed by atoms with Gasteiger partial charge in [0.1, 0.15) is 11.6 Å². The van der Waals surface area contributed by atoms with E-state index in [1.807, 2.05) is 6.07 Å². The number of hydrogen-bond acceptors (Lipinski definition) is 5. The monoisotopic (exact) mass is 394 g/mol. The summed E-state index contributed by atoms with van der Waals surface area (Å²) in [6, 6.07) is 6.88. The highest BCUT2D eigenvalue weighted by molar-refractivity contribution is 6.30. The average molecular weight is 395 g/mol. The Kier molecular flexibility index (Phi) is 6.14. The van der Waals surface area contributed by atoms with Gasteiger partial charge < -0.3 is 15.2 Å². The third kappa shape index (κ3) is 4.66. The molecule has 0 bridgehead atoms. The summed E-state index contributed by atoms with van der Waals surface area (Å²) in [5.74, 6) is 0.396. The normalized spacial score (nSPS) is 20.4. The number of aryl methyl sites for hydroxylation is 1. The van der Waals surface area contributed by atoms with Gasteiger partial charge in [-0.1, -0.05) is 22.8 Å². The van der Waals surface area contributed by atoms with Crippen LogP contribution in [0.5, 0.6) is 0 Å². The molecule has 1 aliphatic heterocycles. The van der Waals surface area contributed by atoms with Gasteiger partial charge in [-0.3, -0.25) is 9.69 Å². The molecule has 0 saturated carbocycles. The summed E-state index contributed by atoms with van der Waals surface area (Å²) in [6.45, 7) is 6.99. The number of hydrogen-bond donors (Lipinski definition) is 2. The number of aromatic nitrogens is 1. The lowest BCUT2D eigenvalue weighted by atomic mass is 9.99. The zero-order valence-electron chi connectivity index (χ0n) is 15.6. The highest BCUT2D eigenvalue weighted by Crippen LogP contribution is 2.35. The summed E-state index contributed by atoms with van der Waals surface area (Å²) in [5.41, 5.74) is 0.855. The Morgan fingerprint density at radius 2 is 2.22 bits per heavy atom. The van der Waals surface area contributed by atoms with E-state index in [-0.39, 0.29) is 29.6 Å². The van der Waals surface area contributed by atoms with E-state index in [4.69, 9.17) is 16.1 Å². The van der Waals surface area contributed by atoms with Crippen LogP contribution in [0.3, 0.4) is 0 Å². The third-order valence-electron chi connectivity index (χ3n) is 4.81. The molecule has 2 heterocycles. The van der Waals surface area contributed by atoms with Gasteiger partial charge >= 0.3 is 0 Å². The van der Waals surface area contributed by atoms with Gasteiger partial charge in [-0.2, -0.15) is 0 Å². The van der Waals surface area contributed by atoms with Gasteiger partial charge in [0.05, 0.1) is 17.6 Å². The van der Waals surface area contributed by atoms with E-state index >= 15 is 0 Å². The average Bonchev–Trinajstić information content (AvgIpc) is 3.21. The van der Waals surface area contributed by atoms with Gasteiger partial charge in [0.25, 0.3) is 0 Å². The van der Waals surface area contributed by atoms with Crippen LogP contribution in [0.15, 0.2) is 28.8 Å². The minimum absolute atomic E-state index is 0.0257. The van der Waals surface area contributed by atoms with E-state index in [1.54, 1.807) is 19.1 Å². The Morgan fingerprint density at radius 3 is 2.85 bits per heavy atom. The van der Waals surface area contributed by atoms with Gasteiger partial charge in [0, 0.05) is 24.7 Å². The Bertz CT molecular complexity index is 811. The summed E-state index contributed by atoms with van der Waals surface area (Å²) < 4.78 is 18.9. The molecule has 8 heteroatoms. The first-order chi connectivity index (χ1) is 12.8. The van der Waals surface area contributed by atoms with Crippen molar-refractivity contribution in [3.05, 3.63) is 46.4 Å². The molecule has 0 aliphatic carbocycles. The molecule has 2 aromatic rings. The zero-order chi connectivity index (χ0) is 19.6. The molecular formula is C19H24ClFN4O2. The molecule has 1 aliphatic rings. The van der Waals surface area contributed by atoms with Crippen LogP contribution in [0.4, 0.5) is 10.2 Å². The summed E-state index contributed by atoms with van der Waals surface area (Å²) >= 11 is 5.83. The van der Waals surface area contributed by atoms with Gasteiger partial charge in [-0.25, -0.2) is 4.39 Å². The van der Waals surface area contributed by atoms with Crippen molar-refractivity contribution in [3.8, 4) is 0 Å². The summed E-state index contributed by atoms with van der Waals surface area (Å²) in [6.07, 6.45) is 0.865. The van der Waals surface area contributed by atoms with Crippen LogP contribution in [0, 0.1) is 12.7 Å². The highest BCUT2D eigenvalue weighted by Gasteiger charge is 2.36. The van der Waals surface area contributed by atoms with Crippen molar-refractivity contribution in [1.82, 2.24) is 15.4 Å². The fourth-order valence-electron chi connectivity index (χ4n) is 3.57. The van der Waals surface area contributed by atoms with E-state index in [9.17, 15) is 9.18 Å². The minimum Gasteiger partial charge on any atom is -0.360 e. The Labute approximate surface area is 163 Å². The molecule has 0 unspecified atom stereocenters. The number of rotatable bonds is 6. The first-order valence-electron chi connectivity index (χ1n) is 9.02. The molecule has 2 N–H and O–H groups in total. The molecule has 1 amide bonds. The van der Waals surface area contributed by atoms with Crippen LogP contribution < -0.4 is 10.6 Å². The van der Waals surface area contributed by atoms with Crippen LogP contribution >= 0.6 is 11.6 Å². The van der Waals surface area contributed by atoms with E-state index < -0.39 is 5.82 Å². The molecule has 2 atom stereocenters. The number of anilines is 1. The Hall–Kier alpha value is -1.96. The fourth-order valence-corrected chi connectivity index (χ4v) is 3.68. The van der Waals surface area contributed by atoms with Crippen molar-refractivity contribution in [2.45, 2.75) is 45.3 Å². The number of likely N-dealkylation sites (tertiary alicyclic amines) is 1. The number of halogens is 2. The first kappa shape index (κ1) is 19.8. The summed E-state index contributed by atoms with van der Waals surface area (Å²) in [7, 11) is 0. The number of nitrogens with one attached hydrogen (secondary N) is 2. The molecule has 1 fully saturated rings. The number of amides is 1. The lowest BCUT2D eigenvalue weighted by Crippen LogP contribution is -2.41. The lowest BCUT2D eigenvalue weighted by molar-refractivity contribution is -0.115. The molecule has 0 spiro atoms. The zero-order valence-corrected chi connectivity index (χ0v) is 16.4. The van der Waals surface area contributed by atoms with Crippen molar-refractivity contribution in [3.63, 3.8) is 0 Å². The maximum Gasteiger partial charge on any atom is 0.239 e. The predicted octanol–water partition coefficient (Wildman–Crippen LogP) is 3.53. The summed E-state index contributed by atoms with van der Waals surface area (Å²) in [4.78, 5) is 14.5. The van der Waals surface area contributed by atoms with Crippen molar-refractivity contribution in [2.75, 3.05) is 18.4 Å². The second kappa shape index (κ2) is 8.37. The maximum absolute atomic E-state index is 14.0. The predicted molar refractivity (Wildman–Crippen MR) is 102 cm³/mol. The van der Waals surface area contributed by atoms with Gasteiger partial charge in [0.2, 0.25) is 5.91 Å². The molecule has 1 saturated heterocycles. The number of carbonyl (C=O) groups excluding carboxylic acids is 1. The largest absolute Gasteiger partial charge is 0.360 e. The highest BCUT2D eigenvalue weighted by atomic mass is 35.5. The van der Waals surface area contributed by atoms with Crippen LogP contribution in [0.1, 0.15) is 37.6 Å². The lowest BCUT2D eigenvalue weighted by Gasteiger charge is -2.32. The van der Waals surface area contributed by atoms with E-state index in [0.717, 1.165) is 18.5 Å². The van der Waals surface area contributed by atoms with E-state index in [0.29, 0.717) is 17.6 Å². The maximum atomic E-state index is 14.0. The smallest absolute Gasteiger partial charge is 0.239 e. The summed E-state index contributed by atoms with van der Waals surface area (Å²) in [5, 5.41) is 9.87. The second-order valence-electron chi connectivity index (χ2n) is 7.10. The molecule has 6 nitrogen and oxygen atoms in total. The molecule has 146 valence electrons. The van der Waals surface area contributed by atoms with Gasteiger partial charge in [0.15, 0.2) is 5.82 Å². The molecule has 1 aromatic carbocycles. The molecule has 27 heavy (non-hydrogen) atoms. The number of benzene rings is 1. The minimum atomic E-state index is -0.428. The number of nitrogens with zero attached hydrogens (tertiary/aromatic N) is 2. The molecule has 0 radical (unpaired) electrons. The van der Waals surface area contributed by atoms with Crippen LogP contribution in [0.2, 0.25) is 5.02 Å². The SMILES string of the molecule is Cc1cc(NC(=O)CN[C@@H]2CCN(C(C)C)[C@H]2c2ccc(Cl)c(F)c2)no1. The van der Waals surface area contributed by atoms with Crippen molar-refractivity contribution in [1.29, 1.82) is 0 Å². The van der Waals surface area contributed by atoms with E-state index in [2.05, 4.69) is 34.5 Å².